The summed E-state index contributed by atoms with van der Waals surface area (Å²) >= 11 is 0. The normalized spacial score (nSPS) is 42.6. The van der Waals surface area contributed by atoms with Gasteiger partial charge >= 0.3 is 5.97 Å². The molecule has 4 aliphatic rings. The highest BCUT2D eigenvalue weighted by Gasteiger charge is 2.68. The largest absolute Gasteiger partial charge is 0.456 e. The highest BCUT2D eigenvalue weighted by Crippen LogP contribution is 2.71. The first-order valence-corrected chi connectivity index (χ1v) is 14.0. The molecule has 8 atom stereocenters. The molecule has 0 radical (unpaired) electrons. The van der Waals surface area contributed by atoms with Crippen molar-refractivity contribution >= 4 is 11.8 Å². The van der Waals surface area contributed by atoms with Gasteiger partial charge in [0, 0.05) is 43.2 Å². The second-order valence-electron chi connectivity index (χ2n) is 11.7. The van der Waals surface area contributed by atoms with E-state index in [0.29, 0.717) is 48.9 Å². The summed E-state index contributed by atoms with van der Waals surface area (Å²) in [4.78, 5) is 24.5. The van der Waals surface area contributed by atoms with E-state index in [9.17, 15) is 9.59 Å². The quantitative estimate of drug-likeness (QED) is 0.331. The summed E-state index contributed by atoms with van der Waals surface area (Å²) in [5.74, 6) is 8.17. The molecule has 3 saturated carbocycles. The Balaban J connectivity index is 0.00000109. The van der Waals surface area contributed by atoms with Gasteiger partial charge in [0.15, 0.2) is 0 Å². The van der Waals surface area contributed by atoms with Crippen LogP contribution in [-0.2, 0) is 19.1 Å². The number of fused-ring (bicyclic) bond motifs is 5. The summed E-state index contributed by atoms with van der Waals surface area (Å²) in [6.45, 7) is 17.1. The van der Waals surface area contributed by atoms with Gasteiger partial charge in [0.1, 0.15) is 5.78 Å². The molecule has 0 aromatic heterocycles. The van der Waals surface area contributed by atoms with Crippen LogP contribution in [0.4, 0.5) is 0 Å². The lowest BCUT2D eigenvalue weighted by Crippen LogP contribution is -2.68. The zero-order chi connectivity index (χ0) is 27.4. The Morgan fingerprint density at radius 2 is 1.86 bits per heavy atom. The van der Waals surface area contributed by atoms with Crippen molar-refractivity contribution in [1.29, 1.82) is 0 Å². The summed E-state index contributed by atoms with van der Waals surface area (Å²) < 4.78 is 11.8. The Labute approximate surface area is 219 Å². The highest BCUT2D eigenvalue weighted by molar-refractivity contribution is 5.88. The maximum Gasteiger partial charge on any atom is 0.384 e. The molecule has 6 heteroatoms. The number of likely N-dealkylation sites (N-methyl/N-ethyl adjacent to an activating group) is 1. The third-order valence-corrected chi connectivity index (χ3v) is 10.3. The molecule has 0 spiro atoms. The number of rotatable bonds is 3. The van der Waals surface area contributed by atoms with E-state index < -0.39 is 5.97 Å². The van der Waals surface area contributed by atoms with Crippen molar-refractivity contribution in [3.63, 3.8) is 0 Å². The number of carbonyl (C=O) groups excluding carboxylic acids is 2. The van der Waals surface area contributed by atoms with Gasteiger partial charge < -0.3 is 19.9 Å². The highest BCUT2D eigenvalue weighted by atomic mass is 16.5. The van der Waals surface area contributed by atoms with E-state index in [2.05, 4.69) is 44.9 Å². The van der Waals surface area contributed by atoms with Crippen LogP contribution in [0.1, 0.15) is 87.0 Å². The summed E-state index contributed by atoms with van der Waals surface area (Å²) in [6, 6.07) is 0. The van der Waals surface area contributed by atoms with Gasteiger partial charge in [0.05, 0.1) is 18.8 Å². The lowest BCUT2D eigenvalue weighted by molar-refractivity contribution is -0.254. The fourth-order valence-electron chi connectivity index (χ4n) is 8.65. The number of hydrogen-bond acceptors (Lipinski definition) is 6. The molecule has 2 N–H and O–H groups in total. The van der Waals surface area contributed by atoms with E-state index in [-0.39, 0.29) is 21.8 Å². The number of aliphatic hydroxyl groups is 1. The molecule has 4 fully saturated rings. The summed E-state index contributed by atoms with van der Waals surface area (Å²) in [7, 11) is 2.97. The van der Waals surface area contributed by atoms with E-state index >= 15 is 0 Å². The maximum atomic E-state index is 12.5. The van der Waals surface area contributed by atoms with Crippen LogP contribution in [-0.4, -0.2) is 56.4 Å². The number of Topliss-reactive ketones (excluding diaryl/α,β-unsaturated/α-hetero) is 1. The number of hydrogen-bond donors (Lipinski definition) is 2. The molecule has 206 valence electrons. The first-order valence-electron chi connectivity index (χ1n) is 14.0. The minimum Gasteiger partial charge on any atom is -0.456 e. The summed E-state index contributed by atoms with van der Waals surface area (Å²) in [5.41, 5.74) is -0.553. The number of aliphatic hydroxyl groups excluding tert-OH is 1. The Bertz CT molecular complexity index is 848. The molecule has 0 aromatic carbocycles. The van der Waals surface area contributed by atoms with Gasteiger partial charge in [-0.2, -0.15) is 0 Å². The van der Waals surface area contributed by atoms with Crippen LogP contribution in [0.5, 0.6) is 0 Å². The van der Waals surface area contributed by atoms with Crippen molar-refractivity contribution in [3.05, 3.63) is 0 Å². The minimum atomic E-state index is -0.417. The van der Waals surface area contributed by atoms with Gasteiger partial charge in [-0.15, -0.1) is 0 Å². The average Bonchev–Trinajstić information content (AvgIpc) is 3.06. The molecule has 1 heterocycles. The van der Waals surface area contributed by atoms with E-state index in [4.69, 9.17) is 14.6 Å². The third-order valence-electron chi connectivity index (χ3n) is 10.3. The van der Waals surface area contributed by atoms with Crippen LogP contribution in [0.25, 0.3) is 0 Å². The van der Waals surface area contributed by atoms with Crippen molar-refractivity contribution in [1.82, 2.24) is 5.32 Å². The molecule has 6 nitrogen and oxygen atoms in total. The Morgan fingerprint density at radius 3 is 2.47 bits per heavy atom. The molecular formula is C30H51NO5. The smallest absolute Gasteiger partial charge is 0.384 e. The van der Waals surface area contributed by atoms with E-state index in [1.165, 1.54) is 0 Å². The Kier molecular flexibility index (Phi) is 10.2. The molecule has 1 saturated heterocycles. The van der Waals surface area contributed by atoms with Gasteiger partial charge in [-0.05, 0) is 75.7 Å². The fraction of sp³-hybridized carbons (Fsp3) is 0.867. The average molecular weight is 506 g/mol. The predicted octanol–water partition coefficient (Wildman–Crippen LogP) is 4.63. The topological polar surface area (TPSA) is 84.9 Å². The number of ether oxygens (including phenoxy) is 2. The molecule has 0 aromatic rings. The molecule has 36 heavy (non-hydrogen) atoms. The first kappa shape index (κ1) is 30.8. The van der Waals surface area contributed by atoms with Crippen LogP contribution in [0, 0.1) is 51.8 Å². The van der Waals surface area contributed by atoms with Crippen LogP contribution in [0.2, 0.25) is 0 Å². The molecule has 4 rings (SSSR count). The molecular weight excluding hydrogens is 454 g/mol. The monoisotopic (exact) mass is 505 g/mol. The SMILES string of the molecule is CC.CCOC(=O)C#CC1(C)CC(C)C2C3COC4(CNC)CC(=O)CCC4(C)C3CCC21C.CO. The van der Waals surface area contributed by atoms with Crippen LogP contribution in [0.3, 0.4) is 0 Å². The van der Waals surface area contributed by atoms with Gasteiger partial charge in [-0.25, -0.2) is 4.79 Å². The summed E-state index contributed by atoms with van der Waals surface area (Å²) in [5, 5.41) is 10.3. The Morgan fingerprint density at radius 1 is 1.19 bits per heavy atom. The van der Waals surface area contributed by atoms with Crippen molar-refractivity contribution in [2.24, 2.45) is 39.9 Å². The van der Waals surface area contributed by atoms with Crippen molar-refractivity contribution in [2.45, 2.75) is 92.6 Å². The molecule has 0 amide bonds. The van der Waals surface area contributed by atoms with Crippen LogP contribution in [0.15, 0.2) is 0 Å². The lowest BCUT2D eigenvalue weighted by Gasteiger charge is -2.65. The zero-order valence-electron chi connectivity index (χ0n) is 24.3. The summed E-state index contributed by atoms with van der Waals surface area (Å²) in [6.07, 6.45) is 5.38. The van der Waals surface area contributed by atoms with Crippen molar-refractivity contribution in [2.75, 3.05) is 33.9 Å². The van der Waals surface area contributed by atoms with Gasteiger partial charge in [0.25, 0.3) is 0 Å². The second kappa shape index (κ2) is 12.0. The van der Waals surface area contributed by atoms with Gasteiger partial charge in [-0.1, -0.05) is 40.5 Å². The van der Waals surface area contributed by atoms with Crippen LogP contribution < -0.4 is 5.32 Å². The van der Waals surface area contributed by atoms with E-state index in [1.807, 2.05) is 27.8 Å². The molecule has 1 aliphatic heterocycles. The van der Waals surface area contributed by atoms with Gasteiger partial charge in [-0.3, -0.25) is 4.79 Å². The fourth-order valence-corrected chi connectivity index (χ4v) is 8.65. The zero-order valence-corrected chi connectivity index (χ0v) is 24.3. The second-order valence-corrected chi connectivity index (χ2v) is 11.7. The minimum absolute atomic E-state index is 0.00346. The third kappa shape index (κ3) is 4.88. The standard InChI is InChI=1S/C27H41NO4.C2H6.CH4O/c1-7-31-22(30)10-11-24(3)14-18(2)23-20-16-32-27(17-28-6)15-19(29)8-12-25(27,4)21(20)9-13-26(23,24)5;2*1-2/h18,20-21,23,28H,7-9,12-17H2,1-6H3;1-2H3;2H,1H3. The van der Waals surface area contributed by atoms with Crippen LogP contribution >= 0.6 is 0 Å². The maximum absolute atomic E-state index is 12.5. The van der Waals surface area contributed by atoms with E-state index in [0.717, 1.165) is 45.9 Å². The van der Waals surface area contributed by atoms with Crippen molar-refractivity contribution in [3.8, 4) is 11.8 Å². The molecule has 8 unspecified atom stereocenters. The Hall–Kier alpha value is -1.42. The number of esters is 1. The number of ketones is 1. The number of carbonyl (C=O) groups is 2. The first-order chi connectivity index (χ1) is 17.1. The number of nitrogens with one attached hydrogen (secondary N) is 1. The lowest BCUT2D eigenvalue weighted by atomic mass is 9.45. The molecule has 0 bridgehead atoms. The van der Waals surface area contributed by atoms with E-state index in [1.54, 1.807) is 0 Å². The molecule has 3 aliphatic carbocycles. The van der Waals surface area contributed by atoms with Crippen molar-refractivity contribution < 1.29 is 24.2 Å². The van der Waals surface area contributed by atoms with Gasteiger partial charge in [0.2, 0.25) is 0 Å². The predicted molar refractivity (Wildman–Crippen MR) is 143 cm³/mol.